The Labute approximate surface area is 131 Å². The van der Waals surface area contributed by atoms with Crippen LogP contribution in [0.4, 0.5) is 8.78 Å². The van der Waals surface area contributed by atoms with Gasteiger partial charge in [-0.25, -0.2) is 0 Å². The van der Waals surface area contributed by atoms with E-state index in [4.69, 9.17) is 0 Å². The van der Waals surface area contributed by atoms with Gasteiger partial charge in [-0.3, -0.25) is 4.79 Å². The molecule has 0 radical (unpaired) electrons. The first kappa shape index (κ1) is 16.2. The van der Waals surface area contributed by atoms with Crippen LogP contribution in [0, 0.1) is 6.92 Å². The third-order valence-electron chi connectivity index (χ3n) is 2.93. The highest BCUT2D eigenvalue weighted by Gasteiger charge is 2.09. The summed E-state index contributed by atoms with van der Waals surface area (Å²) in [5.74, 6) is -0.226. The fourth-order valence-electron chi connectivity index (χ4n) is 1.81. The zero-order chi connectivity index (χ0) is 15.9. The van der Waals surface area contributed by atoms with Gasteiger partial charge in [0.2, 0.25) is 5.91 Å². The highest BCUT2D eigenvalue weighted by molar-refractivity contribution is 7.11. The van der Waals surface area contributed by atoms with E-state index in [9.17, 15) is 13.6 Å². The van der Waals surface area contributed by atoms with Crippen molar-refractivity contribution in [2.75, 3.05) is 0 Å². The van der Waals surface area contributed by atoms with Crippen molar-refractivity contribution in [3.8, 4) is 5.75 Å². The predicted octanol–water partition coefficient (Wildman–Crippen LogP) is 3.99. The number of carbonyl (C=O) groups excluding carboxylic acids is 1. The Kier molecular flexibility index (Phi) is 5.66. The van der Waals surface area contributed by atoms with E-state index in [0.29, 0.717) is 5.56 Å². The molecule has 22 heavy (non-hydrogen) atoms. The third kappa shape index (κ3) is 4.66. The summed E-state index contributed by atoms with van der Waals surface area (Å²) in [6, 6.07) is 8.34. The molecule has 1 aromatic heterocycles. The van der Waals surface area contributed by atoms with Gasteiger partial charge >= 0.3 is 6.61 Å². The lowest BCUT2D eigenvalue weighted by Gasteiger charge is -2.10. The minimum absolute atomic E-state index is 0.0656. The first-order valence-electron chi connectivity index (χ1n) is 6.59. The zero-order valence-electron chi connectivity index (χ0n) is 11.9. The monoisotopic (exact) mass is 323 g/mol. The Morgan fingerprint density at radius 3 is 2.82 bits per heavy atom. The molecule has 6 heteroatoms. The number of halogens is 2. The number of rotatable bonds is 6. The molecule has 3 nitrogen and oxygen atoms in total. The van der Waals surface area contributed by atoms with Gasteiger partial charge in [0.15, 0.2) is 0 Å². The van der Waals surface area contributed by atoms with E-state index in [1.165, 1.54) is 12.1 Å². The summed E-state index contributed by atoms with van der Waals surface area (Å²) in [6.07, 6.45) is 3.16. The van der Waals surface area contributed by atoms with Crippen LogP contribution in [0.25, 0.3) is 6.08 Å². The smallest absolute Gasteiger partial charge is 0.387 e. The largest absolute Gasteiger partial charge is 0.434 e. The number of amides is 1. The van der Waals surface area contributed by atoms with Gasteiger partial charge in [0.1, 0.15) is 5.75 Å². The number of hydrogen-bond acceptors (Lipinski definition) is 3. The van der Waals surface area contributed by atoms with Crippen LogP contribution in [0.15, 0.2) is 41.8 Å². The van der Waals surface area contributed by atoms with Gasteiger partial charge in [0.25, 0.3) is 0 Å². The number of alkyl halides is 2. The van der Waals surface area contributed by atoms with Gasteiger partial charge in [0, 0.05) is 23.1 Å². The van der Waals surface area contributed by atoms with Gasteiger partial charge in [-0.05, 0) is 36.1 Å². The molecular formula is C16H15F2NO2S. The number of hydrogen-bond donors (Lipinski definition) is 1. The molecule has 0 atom stereocenters. The van der Waals surface area contributed by atoms with E-state index in [1.807, 2.05) is 18.4 Å². The second kappa shape index (κ2) is 7.70. The Balaban J connectivity index is 1.94. The Morgan fingerprint density at radius 2 is 2.14 bits per heavy atom. The number of benzene rings is 1. The minimum Gasteiger partial charge on any atom is -0.434 e. The van der Waals surface area contributed by atoms with Gasteiger partial charge in [-0.1, -0.05) is 18.2 Å². The lowest BCUT2D eigenvalue weighted by Crippen LogP contribution is -2.21. The summed E-state index contributed by atoms with van der Waals surface area (Å²) in [4.78, 5) is 12.8. The number of aryl methyl sites for hydroxylation is 1. The summed E-state index contributed by atoms with van der Waals surface area (Å²) in [5, 5.41) is 4.60. The van der Waals surface area contributed by atoms with Crippen molar-refractivity contribution in [1.29, 1.82) is 0 Å². The number of nitrogens with one attached hydrogen (secondary N) is 1. The van der Waals surface area contributed by atoms with E-state index in [1.54, 1.807) is 35.6 Å². The zero-order valence-corrected chi connectivity index (χ0v) is 12.7. The summed E-state index contributed by atoms with van der Waals surface area (Å²) < 4.78 is 29.0. The van der Waals surface area contributed by atoms with E-state index >= 15 is 0 Å². The highest BCUT2D eigenvalue weighted by Crippen LogP contribution is 2.20. The highest BCUT2D eigenvalue weighted by atomic mass is 32.1. The Bertz CT molecular complexity index is 668. The molecule has 1 amide bonds. The van der Waals surface area contributed by atoms with Crippen LogP contribution in [0.2, 0.25) is 0 Å². The van der Waals surface area contributed by atoms with Crippen LogP contribution in [0.1, 0.15) is 16.0 Å². The van der Waals surface area contributed by atoms with Crippen LogP contribution in [-0.4, -0.2) is 12.5 Å². The molecule has 116 valence electrons. The maximum Gasteiger partial charge on any atom is 0.387 e. The summed E-state index contributed by atoms with van der Waals surface area (Å²) in [6.45, 7) is -0.805. The molecule has 1 heterocycles. The molecule has 0 fully saturated rings. The number of para-hydroxylation sites is 1. The number of ether oxygens (including phenoxy) is 1. The molecule has 2 aromatic rings. The van der Waals surface area contributed by atoms with Gasteiger partial charge in [-0.15, -0.1) is 11.3 Å². The maximum absolute atomic E-state index is 12.3. The van der Waals surface area contributed by atoms with Crippen LogP contribution in [0.3, 0.4) is 0 Å². The van der Waals surface area contributed by atoms with E-state index < -0.39 is 6.61 Å². The van der Waals surface area contributed by atoms with Crippen molar-refractivity contribution in [3.05, 3.63) is 57.8 Å². The van der Waals surface area contributed by atoms with Crippen LogP contribution in [0.5, 0.6) is 5.75 Å². The fourth-order valence-corrected chi connectivity index (χ4v) is 2.63. The van der Waals surface area contributed by atoms with Gasteiger partial charge in [0.05, 0.1) is 0 Å². The van der Waals surface area contributed by atoms with Crippen LogP contribution in [-0.2, 0) is 11.3 Å². The molecule has 0 aliphatic heterocycles. The third-order valence-corrected chi connectivity index (χ3v) is 3.91. The van der Waals surface area contributed by atoms with Crippen molar-refractivity contribution in [2.24, 2.45) is 0 Å². The lowest BCUT2D eigenvalue weighted by atomic mass is 10.2. The lowest BCUT2D eigenvalue weighted by molar-refractivity contribution is -0.116. The maximum atomic E-state index is 12.3. The van der Waals surface area contributed by atoms with Crippen molar-refractivity contribution in [2.45, 2.75) is 20.1 Å². The van der Waals surface area contributed by atoms with Crippen LogP contribution < -0.4 is 10.1 Å². The van der Waals surface area contributed by atoms with Gasteiger partial charge < -0.3 is 10.1 Å². The first-order chi connectivity index (χ1) is 10.6. The molecule has 0 unspecified atom stereocenters. The number of thiophene rings is 1. The molecule has 0 saturated carbocycles. The topological polar surface area (TPSA) is 38.3 Å². The molecule has 0 bridgehead atoms. The fraction of sp³-hybridized carbons (Fsp3) is 0.188. The van der Waals surface area contributed by atoms with E-state index in [-0.39, 0.29) is 18.2 Å². The molecule has 0 spiro atoms. The average Bonchev–Trinajstić information content (AvgIpc) is 2.89. The summed E-state index contributed by atoms with van der Waals surface area (Å²) in [7, 11) is 0. The summed E-state index contributed by atoms with van der Waals surface area (Å²) >= 11 is 1.55. The summed E-state index contributed by atoms with van der Waals surface area (Å²) in [5.41, 5.74) is 1.60. The Hall–Kier alpha value is -2.21. The van der Waals surface area contributed by atoms with Crippen molar-refractivity contribution in [1.82, 2.24) is 5.32 Å². The Morgan fingerprint density at radius 1 is 1.36 bits per heavy atom. The van der Waals surface area contributed by atoms with Crippen molar-refractivity contribution in [3.63, 3.8) is 0 Å². The van der Waals surface area contributed by atoms with Gasteiger partial charge in [-0.2, -0.15) is 8.78 Å². The SMILES string of the molecule is Cc1ccsc1/C=C/C(=O)NCc1ccccc1OC(F)F. The molecule has 1 N–H and O–H groups in total. The van der Waals surface area contributed by atoms with Crippen LogP contribution >= 0.6 is 11.3 Å². The second-order valence-electron chi connectivity index (χ2n) is 4.51. The molecular weight excluding hydrogens is 308 g/mol. The molecule has 0 saturated heterocycles. The van der Waals surface area contributed by atoms with Crippen molar-refractivity contribution >= 4 is 23.3 Å². The first-order valence-corrected chi connectivity index (χ1v) is 7.47. The molecule has 0 aliphatic rings. The quantitative estimate of drug-likeness (QED) is 0.816. The standard InChI is InChI=1S/C16H15F2NO2S/c1-11-8-9-22-14(11)6-7-15(20)19-10-12-4-2-3-5-13(12)21-16(17)18/h2-9,16H,10H2,1H3,(H,19,20)/b7-6+. The predicted molar refractivity (Wildman–Crippen MR) is 83.0 cm³/mol. The average molecular weight is 323 g/mol. The number of carbonyl (C=O) groups is 1. The van der Waals surface area contributed by atoms with E-state index in [0.717, 1.165) is 10.4 Å². The molecule has 0 aliphatic carbocycles. The van der Waals surface area contributed by atoms with Crippen molar-refractivity contribution < 1.29 is 18.3 Å². The second-order valence-corrected chi connectivity index (χ2v) is 5.45. The minimum atomic E-state index is -2.89. The normalized spacial score (nSPS) is 11.1. The molecule has 1 aromatic carbocycles. The van der Waals surface area contributed by atoms with E-state index in [2.05, 4.69) is 10.1 Å². The molecule has 2 rings (SSSR count).